The van der Waals surface area contributed by atoms with Crippen molar-refractivity contribution in [2.75, 3.05) is 13.1 Å². The average Bonchev–Trinajstić information content (AvgIpc) is 2.15. The molecule has 0 saturated heterocycles. The molecule has 0 radical (unpaired) electrons. The summed E-state index contributed by atoms with van der Waals surface area (Å²) in [5.41, 5.74) is 5.37. The summed E-state index contributed by atoms with van der Waals surface area (Å²) < 4.78 is 0. The number of nitrogens with one attached hydrogen (secondary N) is 2. The van der Waals surface area contributed by atoms with Gasteiger partial charge in [0, 0.05) is 18.5 Å². The van der Waals surface area contributed by atoms with Crippen molar-refractivity contribution >= 4 is 11.7 Å². The molecule has 0 bridgehead atoms. The lowest BCUT2D eigenvalue weighted by Gasteiger charge is -2.12. The Labute approximate surface area is 89.9 Å². The zero-order chi connectivity index (χ0) is 11.8. The van der Waals surface area contributed by atoms with Gasteiger partial charge < -0.3 is 21.6 Å². The summed E-state index contributed by atoms with van der Waals surface area (Å²) in [4.78, 5) is 11.2. The Morgan fingerprint density at radius 3 is 2.53 bits per heavy atom. The van der Waals surface area contributed by atoms with Crippen LogP contribution >= 0.6 is 0 Å². The molecule has 5 N–H and O–H groups in total. The maximum Gasteiger partial charge on any atom is 0.234 e. The fourth-order valence-corrected chi connectivity index (χ4v) is 0.978. The second-order valence-corrected chi connectivity index (χ2v) is 3.78. The van der Waals surface area contributed by atoms with E-state index in [2.05, 4.69) is 15.8 Å². The van der Waals surface area contributed by atoms with Crippen LogP contribution in [0.2, 0.25) is 0 Å². The van der Waals surface area contributed by atoms with Gasteiger partial charge in [0.25, 0.3) is 0 Å². The highest BCUT2D eigenvalue weighted by atomic mass is 16.4. The van der Waals surface area contributed by atoms with Crippen molar-refractivity contribution < 1.29 is 10.0 Å². The highest BCUT2D eigenvalue weighted by molar-refractivity contribution is 5.82. The van der Waals surface area contributed by atoms with Crippen LogP contribution in [0.4, 0.5) is 0 Å². The third-order valence-corrected chi connectivity index (χ3v) is 1.81. The predicted octanol–water partition coefficient (Wildman–Crippen LogP) is -0.517. The van der Waals surface area contributed by atoms with Crippen molar-refractivity contribution in [3.8, 4) is 0 Å². The number of nitrogens with two attached hydrogens (primary N) is 1. The smallest absolute Gasteiger partial charge is 0.234 e. The van der Waals surface area contributed by atoms with E-state index in [1.54, 1.807) is 0 Å². The molecule has 15 heavy (non-hydrogen) atoms. The second-order valence-electron chi connectivity index (χ2n) is 3.78. The van der Waals surface area contributed by atoms with Gasteiger partial charge in [0.2, 0.25) is 5.91 Å². The summed E-state index contributed by atoms with van der Waals surface area (Å²) >= 11 is 0. The molecule has 0 aliphatic heterocycles. The van der Waals surface area contributed by atoms with Crippen molar-refractivity contribution in [3.05, 3.63) is 0 Å². The molecule has 0 aromatic carbocycles. The summed E-state index contributed by atoms with van der Waals surface area (Å²) in [6.07, 6.45) is 0. The van der Waals surface area contributed by atoms with E-state index in [1.807, 2.05) is 20.8 Å². The van der Waals surface area contributed by atoms with Crippen LogP contribution < -0.4 is 16.4 Å². The Bertz CT molecular complexity index is 228. The molecule has 1 unspecified atom stereocenters. The number of carbonyl (C=O) groups is 1. The number of rotatable bonds is 6. The fraction of sp³-hybridized carbons (Fsp3) is 0.778. The number of hydrogen-bond donors (Lipinski definition) is 4. The third kappa shape index (κ3) is 6.73. The normalized spacial score (nSPS) is 14.0. The van der Waals surface area contributed by atoms with E-state index in [0.29, 0.717) is 6.54 Å². The van der Waals surface area contributed by atoms with Gasteiger partial charge in [-0.25, -0.2) is 0 Å². The lowest BCUT2D eigenvalue weighted by atomic mass is 10.1. The molecule has 0 rings (SSSR count). The molecule has 0 spiro atoms. The van der Waals surface area contributed by atoms with E-state index < -0.39 is 0 Å². The van der Waals surface area contributed by atoms with E-state index in [0.717, 1.165) is 0 Å². The summed E-state index contributed by atoms with van der Waals surface area (Å²) in [6.45, 7) is 6.35. The van der Waals surface area contributed by atoms with E-state index in [9.17, 15) is 4.79 Å². The molecule has 0 aromatic rings. The van der Waals surface area contributed by atoms with Gasteiger partial charge in [-0.3, -0.25) is 4.79 Å². The second kappa shape index (κ2) is 7.05. The minimum atomic E-state index is -0.0955. The number of hydrogen-bond acceptors (Lipinski definition) is 4. The largest absolute Gasteiger partial charge is 0.409 e. The molecule has 0 saturated carbocycles. The molecule has 0 aliphatic rings. The van der Waals surface area contributed by atoms with Gasteiger partial charge in [-0.1, -0.05) is 12.1 Å². The standard InChI is InChI=1S/C9H20N4O2/c1-6(2)12-8(14)5-11-4-7(3)9(10)13-15/h6-7,11,15H,4-5H2,1-3H3,(H2,10,13)(H,12,14). The third-order valence-electron chi connectivity index (χ3n) is 1.81. The maximum absolute atomic E-state index is 11.2. The molecular weight excluding hydrogens is 196 g/mol. The van der Waals surface area contributed by atoms with E-state index in [4.69, 9.17) is 10.9 Å². The SMILES string of the molecule is CC(C)NC(=O)CNCC(C)C(N)=NO. The Balaban J connectivity index is 3.66. The van der Waals surface area contributed by atoms with E-state index in [1.165, 1.54) is 0 Å². The van der Waals surface area contributed by atoms with Crippen molar-refractivity contribution in [1.82, 2.24) is 10.6 Å². The topological polar surface area (TPSA) is 99.7 Å². The minimum absolute atomic E-state index is 0.0586. The van der Waals surface area contributed by atoms with Crippen LogP contribution in [0.5, 0.6) is 0 Å². The summed E-state index contributed by atoms with van der Waals surface area (Å²) in [5, 5.41) is 16.9. The van der Waals surface area contributed by atoms with Crippen LogP contribution in [0, 0.1) is 5.92 Å². The zero-order valence-corrected chi connectivity index (χ0v) is 9.45. The minimum Gasteiger partial charge on any atom is -0.409 e. The zero-order valence-electron chi connectivity index (χ0n) is 9.45. The molecule has 88 valence electrons. The molecule has 0 aliphatic carbocycles. The van der Waals surface area contributed by atoms with Gasteiger partial charge in [0.15, 0.2) is 0 Å². The van der Waals surface area contributed by atoms with Crippen LogP contribution in [-0.2, 0) is 4.79 Å². The number of amidine groups is 1. The van der Waals surface area contributed by atoms with Gasteiger partial charge in [-0.05, 0) is 13.8 Å². The highest BCUT2D eigenvalue weighted by Crippen LogP contribution is 1.91. The number of carbonyl (C=O) groups excluding carboxylic acids is 1. The first-order chi connectivity index (χ1) is 6.97. The van der Waals surface area contributed by atoms with E-state index >= 15 is 0 Å². The van der Waals surface area contributed by atoms with Crippen LogP contribution in [0.1, 0.15) is 20.8 Å². The van der Waals surface area contributed by atoms with Crippen LogP contribution in [-0.4, -0.2) is 36.1 Å². The van der Waals surface area contributed by atoms with Crippen LogP contribution in [0.25, 0.3) is 0 Å². The quantitative estimate of drug-likeness (QED) is 0.208. The highest BCUT2D eigenvalue weighted by Gasteiger charge is 2.08. The summed E-state index contributed by atoms with van der Waals surface area (Å²) in [7, 11) is 0. The molecule has 1 amide bonds. The first kappa shape index (κ1) is 13.7. The van der Waals surface area contributed by atoms with Gasteiger partial charge in [0.05, 0.1) is 6.54 Å². The van der Waals surface area contributed by atoms with Crippen LogP contribution in [0.3, 0.4) is 0 Å². The molecule has 0 aromatic heterocycles. The van der Waals surface area contributed by atoms with Crippen LogP contribution in [0.15, 0.2) is 5.16 Å². The maximum atomic E-state index is 11.2. The Morgan fingerprint density at radius 2 is 2.07 bits per heavy atom. The number of oxime groups is 1. The molecule has 6 heteroatoms. The fourth-order valence-electron chi connectivity index (χ4n) is 0.978. The molecule has 0 fully saturated rings. The Kier molecular flexibility index (Phi) is 6.44. The van der Waals surface area contributed by atoms with Crippen molar-refractivity contribution in [2.24, 2.45) is 16.8 Å². The van der Waals surface area contributed by atoms with Gasteiger partial charge in [0.1, 0.15) is 5.84 Å². The monoisotopic (exact) mass is 216 g/mol. The number of amides is 1. The molecular formula is C9H20N4O2. The van der Waals surface area contributed by atoms with Gasteiger partial charge >= 0.3 is 0 Å². The van der Waals surface area contributed by atoms with Crippen molar-refractivity contribution in [3.63, 3.8) is 0 Å². The average molecular weight is 216 g/mol. The van der Waals surface area contributed by atoms with E-state index in [-0.39, 0.29) is 30.2 Å². The first-order valence-corrected chi connectivity index (χ1v) is 4.94. The molecule has 6 nitrogen and oxygen atoms in total. The predicted molar refractivity (Wildman–Crippen MR) is 58.7 cm³/mol. The summed E-state index contributed by atoms with van der Waals surface area (Å²) in [6, 6.07) is 0.140. The first-order valence-electron chi connectivity index (χ1n) is 4.94. The lowest BCUT2D eigenvalue weighted by Crippen LogP contribution is -2.40. The van der Waals surface area contributed by atoms with Crippen molar-refractivity contribution in [1.29, 1.82) is 0 Å². The summed E-state index contributed by atoms with van der Waals surface area (Å²) in [5.74, 6) is 0.00493. The molecule has 1 atom stereocenters. The van der Waals surface area contributed by atoms with Gasteiger partial charge in [-0.2, -0.15) is 0 Å². The lowest BCUT2D eigenvalue weighted by molar-refractivity contribution is -0.120. The van der Waals surface area contributed by atoms with Crippen molar-refractivity contribution in [2.45, 2.75) is 26.8 Å². The molecule has 0 heterocycles. The van der Waals surface area contributed by atoms with Gasteiger partial charge in [-0.15, -0.1) is 0 Å². The Hall–Kier alpha value is -1.30. The number of nitrogens with zero attached hydrogens (tertiary/aromatic N) is 1. The Morgan fingerprint density at radius 1 is 1.47 bits per heavy atom.